The molecule has 1 aromatic carbocycles. The standard InChI is InChI=1S/C15H17N/c1-10(2)13-6-5-12-7-8-16-15(11(3)4)14(12)9-13/h5-10H,3H2,1-2,4H3. The number of hydrogen-bond donors (Lipinski definition) is 0. The fourth-order valence-corrected chi connectivity index (χ4v) is 1.89. The van der Waals surface area contributed by atoms with Crippen LogP contribution in [0.5, 0.6) is 0 Å². The SMILES string of the molecule is C=C(C)c1nccc2ccc(C(C)C)cc12. The van der Waals surface area contributed by atoms with Crippen molar-refractivity contribution < 1.29 is 0 Å². The van der Waals surface area contributed by atoms with Crippen molar-refractivity contribution in [3.8, 4) is 0 Å². The molecule has 1 aromatic heterocycles. The van der Waals surface area contributed by atoms with Crippen LogP contribution in [0.25, 0.3) is 16.3 Å². The zero-order valence-electron chi connectivity index (χ0n) is 10.1. The first-order valence-corrected chi connectivity index (χ1v) is 5.64. The number of pyridine rings is 1. The Balaban J connectivity index is 2.73. The van der Waals surface area contributed by atoms with Gasteiger partial charge < -0.3 is 0 Å². The van der Waals surface area contributed by atoms with Crippen molar-refractivity contribution in [1.82, 2.24) is 4.98 Å². The predicted octanol–water partition coefficient (Wildman–Crippen LogP) is 4.39. The summed E-state index contributed by atoms with van der Waals surface area (Å²) in [5.74, 6) is 0.544. The van der Waals surface area contributed by atoms with Crippen LogP contribution in [0, 0.1) is 0 Å². The van der Waals surface area contributed by atoms with Crippen molar-refractivity contribution in [3.05, 3.63) is 48.3 Å². The van der Waals surface area contributed by atoms with Crippen LogP contribution < -0.4 is 0 Å². The number of allylic oxidation sites excluding steroid dienone is 1. The van der Waals surface area contributed by atoms with Crippen molar-refractivity contribution in [2.45, 2.75) is 26.7 Å². The van der Waals surface area contributed by atoms with E-state index in [0.29, 0.717) is 5.92 Å². The van der Waals surface area contributed by atoms with Crippen molar-refractivity contribution >= 4 is 16.3 Å². The molecule has 0 saturated heterocycles. The number of hydrogen-bond acceptors (Lipinski definition) is 1. The van der Waals surface area contributed by atoms with Crippen molar-refractivity contribution in [3.63, 3.8) is 0 Å². The Kier molecular flexibility index (Phi) is 2.78. The molecule has 1 nitrogen and oxygen atoms in total. The van der Waals surface area contributed by atoms with Gasteiger partial charge in [0.15, 0.2) is 0 Å². The van der Waals surface area contributed by atoms with Crippen LogP contribution in [-0.2, 0) is 0 Å². The summed E-state index contributed by atoms with van der Waals surface area (Å²) in [4.78, 5) is 4.41. The average Bonchev–Trinajstić information content (AvgIpc) is 2.27. The maximum Gasteiger partial charge on any atom is 0.0731 e. The molecule has 0 aliphatic heterocycles. The van der Waals surface area contributed by atoms with E-state index in [4.69, 9.17) is 0 Å². The van der Waals surface area contributed by atoms with Gasteiger partial charge in [0.1, 0.15) is 0 Å². The average molecular weight is 211 g/mol. The van der Waals surface area contributed by atoms with Gasteiger partial charge in [-0.15, -0.1) is 0 Å². The second-order valence-corrected chi connectivity index (χ2v) is 4.58. The molecule has 2 aromatic rings. The van der Waals surface area contributed by atoms with Gasteiger partial charge in [0.05, 0.1) is 5.69 Å². The highest BCUT2D eigenvalue weighted by atomic mass is 14.7. The van der Waals surface area contributed by atoms with Crippen LogP contribution >= 0.6 is 0 Å². The summed E-state index contributed by atoms with van der Waals surface area (Å²) in [5.41, 5.74) is 3.38. The van der Waals surface area contributed by atoms with Crippen LogP contribution in [0.2, 0.25) is 0 Å². The van der Waals surface area contributed by atoms with E-state index in [2.05, 4.69) is 43.6 Å². The summed E-state index contributed by atoms with van der Waals surface area (Å²) >= 11 is 0. The minimum atomic E-state index is 0.544. The molecule has 82 valence electrons. The monoisotopic (exact) mass is 211 g/mol. The molecule has 0 spiro atoms. The largest absolute Gasteiger partial charge is 0.256 e. The van der Waals surface area contributed by atoms with Crippen LogP contribution in [0.1, 0.15) is 37.9 Å². The summed E-state index contributed by atoms with van der Waals surface area (Å²) in [6, 6.07) is 8.64. The van der Waals surface area contributed by atoms with Gasteiger partial charge in [-0.25, -0.2) is 0 Å². The molecule has 1 heterocycles. The normalized spacial score (nSPS) is 11.0. The third-order valence-corrected chi connectivity index (χ3v) is 2.86. The van der Waals surface area contributed by atoms with E-state index in [1.54, 1.807) is 0 Å². The maximum atomic E-state index is 4.41. The van der Waals surface area contributed by atoms with Crippen LogP contribution in [0.15, 0.2) is 37.0 Å². The Morgan fingerprint density at radius 2 is 2.00 bits per heavy atom. The van der Waals surface area contributed by atoms with Crippen LogP contribution in [-0.4, -0.2) is 4.98 Å². The van der Waals surface area contributed by atoms with Crippen molar-refractivity contribution in [2.24, 2.45) is 0 Å². The minimum Gasteiger partial charge on any atom is -0.256 e. The molecule has 0 aliphatic rings. The van der Waals surface area contributed by atoms with E-state index in [9.17, 15) is 0 Å². The van der Waals surface area contributed by atoms with Gasteiger partial charge in [-0.3, -0.25) is 4.98 Å². The van der Waals surface area contributed by atoms with Crippen molar-refractivity contribution in [2.75, 3.05) is 0 Å². The molecule has 1 heteroatoms. The molecular weight excluding hydrogens is 194 g/mol. The summed E-state index contributed by atoms with van der Waals surface area (Å²) in [5, 5.41) is 2.44. The molecule has 16 heavy (non-hydrogen) atoms. The van der Waals surface area contributed by atoms with Gasteiger partial charge >= 0.3 is 0 Å². The molecule has 0 N–H and O–H groups in total. The second kappa shape index (κ2) is 4.09. The van der Waals surface area contributed by atoms with Gasteiger partial charge in [-0.05, 0) is 41.5 Å². The first-order valence-electron chi connectivity index (χ1n) is 5.64. The molecule has 0 bridgehead atoms. The number of benzene rings is 1. The number of aromatic nitrogens is 1. The highest BCUT2D eigenvalue weighted by Crippen LogP contribution is 2.25. The van der Waals surface area contributed by atoms with Gasteiger partial charge in [-0.2, -0.15) is 0 Å². The molecule has 0 aliphatic carbocycles. The van der Waals surface area contributed by atoms with Crippen LogP contribution in [0.4, 0.5) is 0 Å². The Morgan fingerprint density at radius 1 is 1.25 bits per heavy atom. The predicted molar refractivity (Wildman–Crippen MR) is 70.5 cm³/mol. The van der Waals surface area contributed by atoms with Gasteiger partial charge in [-0.1, -0.05) is 32.6 Å². The lowest BCUT2D eigenvalue weighted by Crippen LogP contribution is -1.91. The third kappa shape index (κ3) is 1.85. The lowest BCUT2D eigenvalue weighted by Gasteiger charge is -2.09. The summed E-state index contributed by atoms with van der Waals surface area (Å²) in [6.07, 6.45) is 1.85. The molecule has 0 fully saturated rings. The molecular formula is C15H17N. The lowest BCUT2D eigenvalue weighted by atomic mass is 9.97. The maximum absolute atomic E-state index is 4.41. The molecule has 0 atom stereocenters. The van der Waals surface area contributed by atoms with Crippen LogP contribution in [0.3, 0.4) is 0 Å². The fourth-order valence-electron chi connectivity index (χ4n) is 1.89. The van der Waals surface area contributed by atoms with Crippen molar-refractivity contribution in [1.29, 1.82) is 0 Å². The summed E-state index contributed by atoms with van der Waals surface area (Å²) < 4.78 is 0. The van der Waals surface area contributed by atoms with E-state index in [0.717, 1.165) is 11.3 Å². The third-order valence-electron chi connectivity index (χ3n) is 2.86. The Hall–Kier alpha value is -1.63. The highest BCUT2D eigenvalue weighted by molar-refractivity contribution is 5.91. The molecule has 2 rings (SSSR count). The zero-order valence-corrected chi connectivity index (χ0v) is 10.1. The first-order chi connectivity index (χ1) is 7.59. The van der Waals surface area contributed by atoms with Gasteiger partial charge in [0, 0.05) is 11.6 Å². The molecule has 0 amide bonds. The highest BCUT2D eigenvalue weighted by Gasteiger charge is 2.05. The van der Waals surface area contributed by atoms with E-state index in [1.165, 1.54) is 16.3 Å². The van der Waals surface area contributed by atoms with Gasteiger partial charge in [0.2, 0.25) is 0 Å². The Labute approximate surface area is 96.8 Å². The first kappa shape index (κ1) is 10.9. The van der Waals surface area contributed by atoms with E-state index < -0.39 is 0 Å². The summed E-state index contributed by atoms with van der Waals surface area (Å²) in [7, 11) is 0. The van der Waals surface area contributed by atoms with E-state index >= 15 is 0 Å². The molecule has 0 saturated carbocycles. The Bertz CT molecular complexity index is 538. The fraction of sp³-hybridized carbons (Fsp3) is 0.267. The molecule has 0 unspecified atom stereocenters. The summed E-state index contributed by atoms with van der Waals surface area (Å²) in [6.45, 7) is 10.4. The second-order valence-electron chi connectivity index (χ2n) is 4.58. The topological polar surface area (TPSA) is 12.9 Å². The van der Waals surface area contributed by atoms with E-state index in [1.807, 2.05) is 19.2 Å². The minimum absolute atomic E-state index is 0.544. The van der Waals surface area contributed by atoms with Gasteiger partial charge in [0.25, 0.3) is 0 Å². The van der Waals surface area contributed by atoms with E-state index in [-0.39, 0.29) is 0 Å². The number of nitrogens with zero attached hydrogens (tertiary/aromatic N) is 1. The smallest absolute Gasteiger partial charge is 0.0731 e. The number of rotatable bonds is 2. The lowest BCUT2D eigenvalue weighted by molar-refractivity contribution is 0.868. The zero-order chi connectivity index (χ0) is 11.7. The number of fused-ring (bicyclic) bond motifs is 1. The Morgan fingerprint density at radius 3 is 2.62 bits per heavy atom. The molecule has 0 radical (unpaired) electrons. The quantitative estimate of drug-likeness (QED) is 0.717.